The molecule has 116 valence electrons. The molecular weight excluding hydrogens is 347 g/mol. The van der Waals surface area contributed by atoms with Gasteiger partial charge in [0.05, 0.1) is 0 Å². The van der Waals surface area contributed by atoms with E-state index in [9.17, 15) is 0 Å². The maximum absolute atomic E-state index is 9.13. The molecule has 0 saturated carbocycles. The van der Waals surface area contributed by atoms with Crippen LogP contribution >= 0.6 is 22.6 Å². The lowest BCUT2D eigenvalue weighted by molar-refractivity contribution is 0.263. The zero-order valence-corrected chi connectivity index (χ0v) is 15.2. The SMILES string of the molecule is CCCCCCCCCCCCCCCCC(O)I. The van der Waals surface area contributed by atoms with Crippen LogP contribution in [-0.4, -0.2) is 9.22 Å². The number of aliphatic hydroxyl groups is 1. The monoisotopic (exact) mass is 382 g/mol. The molecule has 0 fully saturated rings. The first kappa shape index (κ1) is 19.7. The first-order valence-electron chi connectivity index (χ1n) is 8.59. The highest BCUT2D eigenvalue weighted by Gasteiger charge is 1.97. The lowest BCUT2D eigenvalue weighted by Crippen LogP contribution is -1.93. The molecule has 0 radical (unpaired) electrons. The summed E-state index contributed by atoms with van der Waals surface area (Å²) in [5, 5.41) is 9.13. The summed E-state index contributed by atoms with van der Waals surface area (Å²) < 4.78 is -0.130. The molecule has 0 aliphatic rings. The molecule has 0 spiro atoms. The van der Waals surface area contributed by atoms with E-state index < -0.39 is 0 Å². The number of hydrogen-bond donors (Lipinski definition) is 1. The third-order valence-electron chi connectivity index (χ3n) is 3.80. The van der Waals surface area contributed by atoms with Crippen LogP contribution in [0, 0.1) is 0 Å². The van der Waals surface area contributed by atoms with Crippen molar-refractivity contribution >= 4 is 22.6 Å². The van der Waals surface area contributed by atoms with Gasteiger partial charge in [0.15, 0.2) is 0 Å². The highest BCUT2D eigenvalue weighted by atomic mass is 127. The lowest BCUT2D eigenvalue weighted by atomic mass is 10.0. The molecule has 1 unspecified atom stereocenters. The molecule has 0 rings (SSSR count). The normalized spacial score (nSPS) is 12.8. The summed E-state index contributed by atoms with van der Waals surface area (Å²) >= 11 is 2.10. The second kappa shape index (κ2) is 16.7. The van der Waals surface area contributed by atoms with Gasteiger partial charge in [-0.15, -0.1) is 0 Å². The highest BCUT2D eigenvalue weighted by molar-refractivity contribution is 14.1. The van der Waals surface area contributed by atoms with Gasteiger partial charge in [0.2, 0.25) is 0 Å². The molecule has 0 heterocycles. The summed E-state index contributed by atoms with van der Waals surface area (Å²) in [7, 11) is 0. The maximum atomic E-state index is 9.13. The molecule has 0 saturated heterocycles. The Bertz CT molecular complexity index is 159. The van der Waals surface area contributed by atoms with Gasteiger partial charge in [-0.05, 0) is 6.42 Å². The Labute approximate surface area is 135 Å². The molecular formula is C17H35IO. The summed E-state index contributed by atoms with van der Waals surface area (Å²) in [6.07, 6.45) is 20.6. The Hall–Kier alpha value is 0.690. The fraction of sp³-hybridized carbons (Fsp3) is 1.00. The topological polar surface area (TPSA) is 20.2 Å². The highest BCUT2D eigenvalue weighted by Crippen LogP contribution is 2.14. The third kappa shape index (κ3) is 18.7. The first-order chi connectivity index (χ1) is 9.27. The van der Waals surface area contributed by atoms with Crippen molar-refractivity contribution in [3.8, 4) is 0 Å². The van der Waals surface area contributed by atoms with Crippen molar-refractivity contribution in [1.29, 1.82) is 0 Å². The van der Waals surface area contributed by atoms with E-state index in [4.69, 9.17) is 5.11 Å². The summed E-state index contributed by atoms with van der Waals surface area (Å²) in [6.45, 7) is 2.28. The summed E-state index contributed by atoms with van der Waals surface area (Å²) in [6, 6.07) is 0. The van der Waals surface area contributed by atoms with Crippen LogP contribution < -0.4 is 0 Å². The molecule has 1 N–H and O–H groups in total. The zero-order chi connectivity index (χ0) is 14.2. The van der Waals surface area contributed by atoms with E-state index in [1.807, 2.05) is 0 Å². The van der Waals surface area contributed by atoms with Crippen LogP contribution in [0.25, 0.3) is 0 Å². The number of alkyl halides is 1. The van der Waals surface area contributed by atoms with Crippen LogP contribution in [0.5, 0.6) is 0 Å². The van der Waals surface area contributed by atoms with E-state index >= 15 is 0 Å². The predicted molar refractivity (Wildman–Crippen MR) is 95.0 cm³/mol. The Morgan fingerprint density at radius 1 is 0.632 bits per heavy atom. The standard InChI is InChI=1S/C17H35IO/c1-2-3-4-5-6-7-8-9-10-11-12-13-14-15-16-17(18)19/h17,19H,2-16H2,1H3. The molecule has 0 amide bonds. The van der Waals surface area contributed by atoms with Gasteiger partial charge in [-0.25, -0.2) is 0 Å². The van der Waals surface area contributed by atoms with Gasteiger partial charge in [-0.1, -0.05) is 119 Å². The van der Waals surface area contributed by atoms with E-state index in [1.165, 1.54) is 89.9 Å². The third-order valence-corrected chi connectivity index (χ3v) is 4.42. The number of rotatable bonds is 15. The largest absolute Gasteiger partial charge is 0.383 e. The van der Waals surface area contributed by atoms with E-state index in [0.717, 1.165) is 6.42 Å². The van der Waals surface area contributed by atoms with Gasteiger partial charge >= 0.3 is 0 Å². The molecule has 0 bridgehead atoms. The molecule has 1 atom stereocenters. The van der Waals surface area contributed by atoms with Gasteiger partial charge in [-0.2, -0.15) is 0 Å². The Balaban J connectivity index is 2.91. The van der Waals surface area contributed by atoms with E-state index in [2.05, 4.69) is 29.5 Å². The molecule has 19 heavy (non-hydrogen) atoms. The minimum absolute atomic E-state index is 0.130. The van der Waals surface area contributed by atoms with Crippen molar-refractivity contribution in [2.75, 3.05) is 0 Å². The Kier molecular flexibility index (Phi) is 17.4. The van der Waals surface area contributed by atoms with Crippen molar-refractivity contribution in [3.05, 3.63) is 0 Å². The predicted octanol–water partition coefficient (Wildman–Crippen LogP) is 6.61. The van der Waals surface area contributed by atoms with Crippen LogP contribution in [0.3, 0.4) is 0 Å². The van der Waals surface area contributed by atoms with Crippen molar-refractivity contribution < 1.29 is 5.11 Å². The second-order valence-corrected chi connectivity index (χ2v) is 7.26. The smallest absolute Gasteiger partial charge is 0.105 e. The summed E-state index contributed by atoms with van der Waals surface area (Å²) in [5.41, 5.74) is 0. The van der Waals surface area contributed by atoms with Gasteiger partial charge in [0.1, 0.15) is 4.11 Å². The van der Waals surface area contributed by atoms with Crippen LogP contribution in [0.15, 0.2) is 0 Å². The first-order valence-corrected chi connectivity index (χ1v) is 9.84. The zero-order valence-electron chi connectivity index (χ0n) is 13.0. The molecule has 1 nitrogen and oxygen atoms in total. The van der Waals surface area contributed by atoms with Gasteiger partial charge in [-0.3, -0.25) is 0 Å². The minimum Gasteiger partial charge on any atom is -0.383 e. The Morgan fingerprint density at radius 3 is 1.26 bits per heavy atom. The van der Waals surface area contributed by atoms with E-state index in [0.29, 0.717) is 0 Å². The molecule has 0 aromatic carbocycles. The van der Waals surface area contributed by atoms with Crippen molar-refractivity contribution in [1.82, 2.24) is 0 Å². The molecule has 0 aromatic heterocycles. The summed E-state index contributed by atoms with van der Waals surface area (Å²) in [4.78, 5) is 0. The van der Waals surface area contributed by atoms with Gasteiger partial charge < -0.3 is 5.11 Å². The van der Waals surface area contributed by atoms with Crippen molar-refractivity contribution in [2.45, 2.75) is 107 Å². The number of halogens is 1. The maximum Gasteiger partial charge on any atom is 0.105 e. The number of aliphatic hydroxyl groups excluding tert-OH is 1. The Morgan fingerprint density at radius 2 is 0.947 bits per heavy atom. The van der Waals surface area contributed by atoms with Crippen LogP contribution in [0.4, 0.5) is 0 Å². The van der Waals surface area contributed by atoms with Gasteiger partial charge in [0.25, 0.3) is 0 Å². The van der Waals surface area contributed by atoms with Gasteiger partial charge in [0, 0.05) is 0 Å². The molecule has 0 aliphatic heterocycles. The average Bonchev–Trinajstić information content (AvgIpc) is 2.39. The minimum atomic E-state index is -0.130. The van der Waals surface area contributed by atoms with Crippen molar-refractivity contribution in [2.24, 2.45) is 0 Å². The van der Waals surface area contributed by atoms with Crippen molar-refractivity contribution in [3.63, 3.8) is 0 Å². The second-order valence-electron chi connectivity index (χ2n) is 5.82. The van der Waals surface area contributed by atoms with Crippen LogP contribution in [0.1, 0.15) is 103 Å². The molecule has 0 aromatic rings. The van der Waals surface area contributed by atoms with Crippen LogP contribution in [0.2, 0.25) is 0 Å². The number of hydrogen-bond acceptors (Lipinski definition) is 1. The fourth-order valence-corrected chi connectivity index (χ4v) is 2.95. The molecule has 0 aliphatic carbocycles. The van der Waals surface area contributed by atoms with Crippen LogP contribution in [-0.2, 0) is 0 Å². The molecule has 2 heteroatoms. The lowest BCUT2D eigenvalue weighted by Gasteiger charge is -2.04. The summed E-state index contributed by atoms with van der Waals surface area (Å²) in [5.74, 6) is 0. The quantitative estimate of drug-likeness (QED) is 0.192. The fourth-order valence-electron chi connectivity index (χ4n) is 2.51. The van der Waals surface area contributed by atoms with E-state index in [-0.39, 0.29) is 4.11 Å². The number of unbranched alkanes of at least 4 members (excludes halogenated alkanes) is 13. The average molecular weight is 382 g/mol. The van der Waals surface area contributed by atoms with E-state index in [1.54, 1.807) is 0 Å².